The number of carboxylic acids is 1. The second-order valence-electron chi connectivity index (χ2n) is 4.36. The summed E-state index contributed by atoms with van der Waals surface area (Å²) in [6.07, 6.45) is 0. The van der Waals surface area contributed by atoms with Gasteiger partial charge >= 0.3 is 5.97 Å². The molecule has 0 heterocycles. The van der Waals surface area contributed by atoms with E-state index in [0.29, 0.717) is 5.69 Å². The molecule has 0 bridgehead atoms. The van der Waals surface area contributed by atoms with E-state index in [4.69, 9.17) is 5.11 Å². The Labute approximate surface area is 115 Å². The maximum Gasteiger partial charge on any atom is 0.335 e. The summed E-state index contributed by atoms with van der Waals surface area (Å²) in [4.78, 5) is 22.7. The molecule has 102 valence electrons. The van der Waals surface area contributed by atoms with Crippen LogP contribution >= 0.6 is 0 Å². The zero-order chi connectivity index (χ0) is 14.7. The number of aryl methyl sites for hydroxylation is 1. The van der Waals surface area contributed by atoms with Crippen molar-refractivity contribution >= 4 is 17.6 Å². The number of carboxylic acid groups (broad SMARTS) is 1. The molecule has 0 radical (unpaired) electrons. The summed E-state index contributed by atoms with van der Waals surface area (Å²) in [6, 6.07) is 10.5. The van der Waals surface area contributed by atoms with Crippen molar-refractivity contribution < 1.29 is 19.8 Å². The van der Waals surface area contributed by atoms with Gasteiger partial charge in [-0.25, -0.2) is 4.79 Å². The highest BCUT2D eigenvalue weighted by Crippen LogP contribution is 2.20. The highest BCUT2D eigenvalue weighted by molar-refractivity contribution is 6.06. The zero-order valence-electron chi connectivity index (χ0n) is 10.8. The number of aromatic carboxylic acids is 1. The van der Waals surface area contributed by atoms with Gasteiger partial charge in [-0.3, -0.25) is 4.79 Å². The number of aromatic hydroxyl groups is 1. The first kappa shape index (κ1) is 13.6. The van der Waals surface area contributed by atoms with Gasteiger partial charge in [0.1, 0.15) is 5.75 Å². The van der Waals surface area contributed by atoms with E-state index in [-0.39, 0.29) is 16.9 Å². The number of amides is 1. The van der Waals surface area contributed by atoms with Crippen molar-refractivity contribution in [1.82, 2.24) is 0 Å². The van der Waals surface area contributed by atoms with Crippen LogP contribution in [0.25, 0.3) is 0 Å². The van der Waals surface area contributed by atoms with Crippen LogP contribution in [0.4, 0.5) is 5.69 Å². The van der Waals surface area contributed by atoms with Crippen LogP contribution in [0, 0.1) is 6.92 Å². The van der Waals surface area contributed by atoms with Crippen LogP contribution in [0.2, 0.25) is 0 Å². The standard InChI is InChI=1S/C15H13NO4/c1-9-2-7-13(17)12(8-9)14(18)16-11-5-3-10(4-6-11)15(19)20/h2-8,17H,1H3,(H,16,18)(H,19,20). The monoisotopic (exact) mass is 271 g/mol. The maximum absolute atomic E-state index is 12.0. The fraction of sp³-hybridized carbons (Fsp3) is 0.0667. The topological polar surface area (TPSA) is 86.6 Å². The van der Waals surface area contributed by atoms with E-state index in [0.717, 1.165) is 5.56 Å². The van der Waals surface area contributed by atoms with Crippen LogP contribution in [0.3, 0.4) is 0 Å². The predicted octanol–water partition coefficient (Wildman–Crippen LogP) is 2.65. The molecule has 0 saturated heterocycles. The lowest BCUT2D eigenvalue weighted by Gasteiger charge is -2.08. The van der Waals surface area contributed by atoms with Crippen molar-refractivity contribution in [2.75, 3.05) is 5.32 Å². The van der Waals surface area contributed by atoms with Gasteiger partial charge in [-0.05, 0) is 43.3 Å². The van der Waals surface area contributed by atoms with Gasteiger partial charge < -0.3 is 15.5 Å². The Kier molecular flexibility index (Phi) is 3.70. The van der Waals surface area contributed by atoms with Gasteiger partial charge in [-0.2, -0.15) is 0 Å². The third-order valence-electron chi connectivity index (χ3n) is 2.79. The van der Waals surface area contributed by atoms with Crippen molar-refractivity contribution in [1.29, 1.82) is 0 Å². The summed E-state index contributed by atoms with van der Waals surface area (Å²) in [6.45, 7) is 1.82. The maximum atomic E-state index is 12.0. The van der Waals surface area contributed by atoms with Crippen LogP contribution < -0.4 is 5.32 Å². The van der Waals surface area contributed by atoms with Crippen LogP contribution in [-0.2, 0) is 0 Å². The summed E-state index contributed by atoms with van der Waals surface area (Å²) < 4.78 is 0. The molecule has 0 saturated carbocycles. The lowest BCUT2D eigenvalue weighted by atomic mass is 10.1. The minimum Gasteiger partial charge on any atom is -0.507 e. The molecule has 0 fully saturated rings. The van der Waals surface area contributed by atoms with Gasteiger partial charge in [-0.15, -0.1) is 0 Å². The number of nitrogens with one attached hydrogen (secondary N) is 1. The predicted molar refractivity (Wildman–Crippen MR) is 74.2 cm³/mol. The first-order valence-electron chi connectivity index (χ1n) is 5.91. The SMILES string of the molecule is Cc1ccc(O)c(C(=O)Nc2ccc(C(=O)O)cc2)c1. The Balaban J connectivity index is 2.19. The zero-order valence-corrected chi connectivity index (χ0v) is 10.8. The van der Waals surface area contributed by atoms with Gasteiger partial charge in [0.15, 0.2) is 0 Å². The van der Waals surface area contributed by atoms with E-state index in [2.05, 4.69) is 5.32 Å². The molecular formula is C15H13NO4. The minimum absolute atomic E-state index is 0.102. The van der Waals surface area contributed by atoms with E-state index < -0.39 is 11.9 Å². The van der Waals surface area contributed by atoms with Gasteiger partial charge in [0.05, 0.1) is 11.1 Å². The largest absolute Gasteiger partial charge is 0.507 e. The van der Waals surface area contributed by atoms with Crippen molar-refractivity contribution in [3.05, 3.63) is 59.2 Å². The smallest absolute Gasteiger partial charge is 0.335 e. The third-order valence-corrected chi connectivity index (χ3v) is 2.79. The van der Waals surface area contributed by atoms with Crippen LogP contribution in [-0.4, -0.2) is 22.1 Å². The van der Waals surface area contributed by atoms with Crippen LogP contribution in [0.5, 0.6) is 5.75 Å². The average molecular weight is 271 g/mol. The number of carbonyl (C=O) groups excluding carboxylic acids is 1. The van der Waals surface area contributed by atoms with Gasteiger partial charge in [0, 0.05) is 5.69 Å². The quantitative estimate of drug-likeness (QED) is 0.801. The number of rotatable bonds is 3. The van der Waals surface area contributed by atoms with E-state index >= 15 is 0 Å². The minimum atomic E-state index is -1.03. The molecule has 0 aliphatic rings. The molecule has 0 spiro atoms. The van der Waals surface area contributed by atoms with E-state index in [1.54, 1.807) is 12.1 Å². The van der Waals surface area contributed by atoms with E-state index in [1.807, 2.05) is 6.92 Å². The molecule has 2 aromatic carbocycles. The molecule has 2 rings (SSSR count). The molecule has 20 heavy (non-hydrogen) atoms. The number of phenolic OH excluding ortho intramolecular Hbond substituents is 1. The van der Waals surface area contributed by atoms with Gasteiger partial charge in [0.2, 0.25) is 0 Å². The highest BCUT2D eigenvalue weighted by Gasteiger charge is 2.11. The molecule has 5 heteroatoms. The molecule has 1 amide bonds. The fourth-order valence-electron chi connectivity index (χ4n) is 1.73. The first-order valence-corrected chi connectivity index (χ1v) is 5.91. The Hall–Kier alpha value is -2.82. The molecule has 0 atom stereocenters. The molecule has 2 aromatic rings. The third kappa shape index (κ3) is 2.95. The summed E-state index contributed by atoms with van der Waals surface area (Å²) in [5, 5.41) is 21.0. The van der Waals surface area contributed by atoms with Gasteiger partial charge in [0.25, 0.3) is 5.91 Å². The summed E-state index contributed by atoms with van der Waals surface area (Å²) in [5.74, 6) is -1.58. The molecule has 3 N–H and O–H groups in total. The normalized spacial score (nSPS) is 10.1. The Morgan fingerprint density at radius 3 is 2.30 bits per heavy atom. The molecule has 5 nitrogen and oxygen atoms in total. The summed E-state index contributed by atoms with van der Waals surface area (Å²) >= 11 is 0. The van der Waals surface area contributed by atoms with Crippen molar-refractivity contribution in [3.8, 4) is 5.75 Å². The lowest BCUT2D eigenvalue weighted by Crippen LogP contribution is -2.12. The van der Waals surface area contributed by atoms with Crippen molar-refractivity contribution in [2.45, 2.75) is 6.92 Å². The molecule has 0 aliphatic carbocycles. The molecular weight excluding hydrogens is 258 g/mol. The summed E-state index contributed by atoms with van der Waals surface area (Å²) in [7, 11) is 0. The number of phenols is 1. The van der Waals surface area contributed by atoms with Crippen molar-refractivity contribution in [2.24, 2.45) is 0 Å². The number of hydrogen-bond acceptors (Lipinski definition) is 3. The van der Waals surface area contributed by atoms with Crippen molar-refractivity contribution in [3.63, 3.8) is 0 Å². The Morgan fingerprint density at radius 1 is 1.05 bits per heavy atom. The number of hydrogen-bond donors (Lipinski definition) is 3. The number of carbonyl (C=O) groups is 2. The lowest BCUT2D eigenvalue weighted by molar-refractivity contribution is 0.0696. The van der Waals surface area contributed by atoms with E-state index in [1.165, 1.54) is 30.3 Å². The highest BCUT2D eigenvalue weighted by atomic mass is 16.4. The second-order valence-corrected chi connectivity index (χ2v) is 4.36. The van der Waals surface area contributed by atoms with Crippen LogP contribution in [0.1, 0.15) is 26.3 Å². The number of benzene rings is 2. The molecule has 0 aliphatic heterocycles. The average Bonchev–Trinajstić information content (AvgIpc) is 2.42. The number of anilines is 1. The van der Waals surface area contributed by atoms with E-state index in [9.17, 15) is 14.7 Å². The second kappa shape index (κ2) is 5.44. The Bertz CT molecular complexity index is 662. The molecule has 0 aromatic heterocycles. The fourth-order valence-corrected chi connectivity index (χ4v) is 1.73. The molecule has 0 unspecified atom stereocenters. The van der Waals surface area contributed by atoms with Crippen LogP contribution in [0.15, 0.2) is 42.5 Å². The van der Waals surface area contributed by atoms with Gasteiger partial charge in [-0.1, -0.05) is 11.6 Å². The first-order chi connectivity index (χ1) is 9.47. The Morgan fingerprint density at radius 2 is 1.70 bits per heavy atom. The summed E-state index contributed by atoms with van der Waals surface area (Å²) in [5.41, 5.74) is 1.63.